The highest BCUT2D eigenvalue weighted by Gasteiger charge is 2.44. The van der Waals surface area contributed by atoms with E-state index in [0.29, 0.717) is 17.9 Å². The number of nitrogens with two attached hydrogens (primary N) is 1. The van der Waals surface area contributed by atoms with E-state index in [4.69, 9.17) is 15.2 Å². The first-order valence-electron chi connectivity index (χ1n) is 7.09. The van der Waals surface area contributed by atoms with Crippen LogP contribution < -0.4 is 15.2 Å². The number of carbonyl (C=O) groups is 1. The normalized spacial score (nSPS) is 22.6. The Morgan fingerprint density at radius 2 is 1.81 bits per heavy atom. The SMILES string of the molecule is COc1ccc(C2C(N)CC(=O)N2C(C)(C)C)cc1OC. The van der Waals surface area contributed by atoms with Crippen molar-refractivity contribution in [3.05, 3.63) is 23.8 Å². The van der Waals surface area contributed by atoms with Crippen molar-refractivity contribution in [3.8, 4) is 11.5 Å². The summed E-state index contributed by atoms with van der Waals surface area (Å²) in [6.45, 7) is 6.07. The van der Waals surface area contributed by atoms with Gasteiger partial charge in [-0.2, -0.15) is 0 Å². The minimum absolute atomic E-state index is 0.0924. The Bertz CT molecular complexity index is 537. The topological polar surface area (TPSA) is 64.8 Å². The maximum atomic E-state index is 12.3. The van der Waals surface area contributed by atoms with E-state index in [0.717, 1.165) is 5.56 Å². The van der Waals surface area contributed by atoms with Crippen molar-refractivity contribution in [2.24, 2.45) is 5.73 Å². The summed E-state index contributed by atoms with van der Waals surface area (Å²) in [7, 11) is 3.20. The molecule has 2 unspecified atom stereocenters. The molecule has 0 spiro atoms. The molecular weight excluding hydrogens is 268 g/mol. The van der Waals surface area contributed by atoms with Gasteiger partial charge in [0.05, 0.1) is 20.3 Å². The average Bonchev–Trinajstić information content (AvgIpc) is 2.72. The third-order valence-electron chi connectivity index (χ3n) is 3.83. The average molecular weight is 292 g/mol. The molecule has 1 heterocycles. The van der Waals surface area contributed by atoms with Gasteiger partial charge in [0, 0.05) is 18.0 Å². The maximum Gasteiger partial charge on any atom is 0.225 e. The summed E-state index contributed by atoms with van der Waals surface area (Å²) >= 11 is 0. The van der Waals surface area contributed by atoms with E-state index in [9.17, 15) is 4.79 Å². The minimum atomic E-state index is -0.275. The van der Waals surface area contributed by atoms with Crippen LogP contribution in [0, 0.1) is 0 Å². The Morgan fingerprint density at radius 3 is 2.33 bits per heavy atom. The lowest BCUT2D eigenvalue weighted by atomic mass is 9.96. The molecule has 1 aliphatic heterocycles. The highest BCUT2D eigenvalue weighted by atomic mass is 16.5. The van der Waals surface area contributed by atoms with Crippen molar-refractivity contribution in [1.29, 1.82) is 0 Å². The first-order valence-corrected chi connectivity index (χ1v) is 7.09. The molecule has 116 valence electrons. The van der Waals surface area contributed by atoms with Crippen molar-refractivity contribution in [2.45, 2.75) is 44.8 Å². The van der Waals surface area contributed by atoms with E-state index >= 15 is 0 Å². The van der Waals surface area contributed by atoms with Gasteiger partial charge in [-0.3, -0.25) is 4.79 Å². The van der Waals surface area contributed by atoms with Gasteiger partial charge in [0.2, 0.25) is 5.91 Å². The number of hydrogen-bond acceptors (Lipinski definition) is 4. The number of rotatable bonds is 3. The number of likely N-dealkylation sites (tertiary alicyclic amines) is 1. The first-order chi connectivity index (χ1) is 9.79. The monoisotopic (exact) mass is 292 g/mol. The summed E-state index contributed by atoms with van der Waals surface area (Å²) < 4.78 is 10.6. The number of amides is 1. The Hall–Kier alpha value is -1.75. The van der Waals surface area contributed by atoms with Crippen LogP contribution >= 0.6 is 0 Å². The predicted octanol–water partition coefficient (Wildman–Crippen LogP) is 2.10. The van der Waals surface area contributed by atoms with Crippen LogP contribution in [-0.4, -0.2) is 36.6 Å². The van der Waals surface area contributed by atoms with E-state index in [-0.39, 0.29) is 23.5 Å². The van der Waals surface area contributed by atoms with E-state index in [2.05, 4.69) is 0 Å². The molecule has 1 amide bonds. The van der Waals surface area contributed by atoms with Gasteiger partial charge >= 0.3 is 0 Å². The highest BCUT2D eigenvalue weighted by Crippen LogP contribution is 2.40. The summed E-state index contributed by atoms with van der Waals surface area (Å²) in [5.74, 6) is 1.41. The third-order valence-corrected chi connectivity index (χ3v) is 3.83. The van der Waals surface area contributed by atoms with Gasteiger partial charge in [0.1, 0.15) is 0 Å². The number of benzene rings is 1. The molecular formula is C16H24N2O3. The molecule has 0 saturated carbocycles. The number of hydrogen-bond donors (Lipinski definition) is 1. The summed E-state index contributed by atoms with van der Waals surface area (Å²) in [5, 5.41) is 0. The zero-order valence-electron chi connectivity index (χ0n) is 13.3. The molecule has 2 atom stereocenters. The number of carbonyl (C=O) groups excluding carboxylic acids is 1. The second kappa shape index (κ2) is 5.56. The molecule has 1 aliphatic rings. The van der Waals surface area contributed by atoms with Gasteiger partial charge in [0.25, 0.3) is 0 Å². The van der Waals surface area contributed by atoms with Crippen LogP contribution in [-0.2, 0) is 4.79 Å². The molecule has 1 aromatic carbocycles. The molecule has 5 nitrogen and oxygen atoms in total. The van der Waals surface area contributed by atoms with Crippen LogP contribution in [0.5, 0.6) is 11.5 Å². The molecule has 1 fully saturated rings. The molecule has 0 aromatic heterocycles. The number of ether oxygens (including phenoxy) is 2. The largest absolute Gasteiger partial charge is 0.493 e. The fraction of sp³-hybridized carbons (Fsp3) is 0.562. The van der Waals surface area contributed by atoms with Crippen molar-refractivity contribution in [2.75, 3.05) is 14.2 Å². The summed E-state index contributed by atoms with van der Waals surface area (Å²) in [5.41, 5.74) is 6.91. The van der Waals surface area contributed by atoms with Gasteiger partial charge < -0.3 is 20.1 Å². The smallest absolute Gasteiger partial charge is 0.225 e. The Kier molecular flexibility index (Phi) is 4.14. The first kappa shape index (κ1) is 15.6. The molecule has 1 aromatic rings. The van der Waals surface area contributed by atoms with Gasteiger partial charge in [-0.1, -0.05) is 6.07 Å². The number of nitrogens with zero attached hydrogens (tertiary/aromatic N) is 1. The molecule has 2 N–H and O–H groups in total. The quantitative estimate of drug-likeness (QED) is 0.926. The van der Waals surface area contributed by atoms with Crippen molar-refractivity contribution in [3.63, 3.8) is 0 Å². The van der Waals surface area contributed by atoms with E-state index < -0.39 is 0 Å². The van der Waals surface area contributed by atoms with Gasteiger partial charge in [-0.25, -0.2) is 0 Å². The summed E-state index contributed by atoms with van der Waals surface area (Å²) in [4.78, 5) is 14.2. The summed E-state index contributed by atoms with van der Waals surface area (Å²) in [6, 6.07) is 5.35. The van der Waals surface area contributed by atoms with Crippen LogP contribution in [0.25, 0.3) is 0 Å². The standard InChI is InChI=1S/C16H24N2O3/c1-16(2,3)18-14(19)9-11(17)15(18)10-6-7-12(20-4)13(8-10)21-5/h6-8,11,15H,9,17H2,1-5H3. The fourth-order valence-electron chi connectivity index (χ4n) is 2.98. The molecule has 0 radical (unpaired) electrons. The third kappa shape index (κ3) is 2.83. The Morgan fingerprint density at radius 1 is 1.19 bits per heavy atom. The van der Waals surface area contributed by atoms with Gasteiger partial charge in [-0.15, -0.1) is 0 Å². The Labute approximate surface area is 126 Å². The molecule has 21 heavy (non-hydrogen) atoms. The van der Waals surface area contributed by atoms with Gasteiger partial charge in [0.15, 0.2) is 11.5 Å². The van der Waals surface area contributed by atoms with Crippen molar-refractivity contribution >= 4 is 5.91 Å². The lowest BCUT2D eigenvalue weighted by molar-refractivity contribution is -0.133. The van der Waals surface area contributed by atoms with Crippen molar-refractivity contribution < 1.29 is 14.3 Å². The van der Waals surface area contributed by atoms with Crippen LogP contribution in [0.4, 0.5) is 0 Å². The van der Waals surface area contributed by atoms with Gasteiger partial charge in [-0.05, 0) is 38.5 Å². The number of methoxy groups -OCH3 is 2. The van der Waals surface area contributed by atoms with Crippen LogP contribution in [0.3, 0.4) is 0 Å². The second-order valence-corrected chi connectivity index (χ2v) is 6.36. The van der Waals surface area contributed by atoms with E-state index in [1.165, 1.54) is 0 Å². The lowest BCUT2D eigenvalue weighted by Crippen LogP contribution is -2.45. The molecule has 0 bridgehead atoms. The fourth-order valence-corrected chi connectivity index (χ4v) is 2.98. The van der Waals surface area contributed by atoms with Crippen LogP contribution in [0.15, 0.2) is 18.2 Å². The second-order valence-electron chi connectivity index (χ2n) is 6.36. The molecule has 0 aliphatic carbocycles. The predicted molar refractivity (Wildman–Crippen MR) is 81.5 cm³/mol. The van der Waals surface area contributed by atoms with E-state index in [1.54, 1.807) is 14.2 Å². The maximum absolute atomic E-state index is 12.3. The summed E-state index contributed by atoms with van der Waals surface area (Å²) in [6.07, 6.45) is 0.371. The zero-order valence-corrected chi connectivity index (χ0v) is 13.3. The van der Waals surface area contributed by atoms with Crippen LogP contribution in [0.1, 0.15) is 38.8 Å². The van der Waals surface area contributed by atoms with Crippen LogP contribution in [0.2, 0.25) is 0 Å². The lowest BCUT2D eigenvalue weighted by Gasteiger charge is -2.38. The zero-order chi connectivity index (χ0) is 15.8. The molecule has 2 rings (SSSR count). The molecule has 1 saturated heterocycles. The molecule has 5 heteroatoms. The highest BCUT2D eigenvalue weighted by molar-refractivity contribution is 5.81. The Balaban J connectivity index is 2.45. The van der Waals surface area contributed by atoms with E-state index in [1.807, 2.05) is 43.9 Å². The minimum Gasteiger partial charge on any atom is -0.493 e. The van der Waals surface area contributed by atoms with Crippen molar-refractivity contribution in [1.82, 2.24) is 4.90 Å².